The van der Waals surface area contributed by atoms with E-state index in [1.54, 1.807) is 18.2 Å². The van der Waals surface area contributed by atoms with E-state index in [1.807, 2.05) is 0 Å². The van der Waals surface area contributed by atoms with Crippen molar-refractivity contribution in [1.29, 1.82) is 0 Å². The van der Waals surface area contributed by atoms with Crippen molar-refractivity contribution < 1.29 is 5.11 Å². The third kappa shape index (κ3) is 3.70. The Bertz CT molecular complexity index is 341. The van der Waals surface area contributed by atoms with Gasteiger partial charge in [-0.25, -0.2) is 0 Å². The van der Waals surface area contributed by atoms with Crippen molar-refractivity contribution in [3.63, 3.8) is 0 Å². The molecule has 0 heterocycles. The summed E-state index contributed by atoms with van der Waals surface area (Å²) in [5.41, 5.74) is 0.784. The van der Waals surface area contributed by atoms with Crippen LogP contribution >= 0.6 is 27.5 Å². The summed E-state index contributed by atoms with van der Waals surface area (Å²) in [5.74, 6) is 0.252. The Balaban J connectivity index is 2.57. The highest BCUT2D eigenvalue weighted by Gasteiger charge is 2.01. The molecule has 2 nitrogen and oxygen atoms in total. The summed E-state index contributed by atoms with van der Waals surface area (Å²) in [7, 11) is 0. The van der Waals surface area contributed by atoms with Crippen molar-refractivity contribution in [3.05, 3.63) is 39.8 Å². The highest BCUT2D eigenvalue weighted by molar-refractivity contribution is 9.11. The quantitative estimate of drug-likeness (QED) is 0.886. The number of rotatable bonds is 4. The minimum atomic E-state index is 0.252. The summed E-state index contributed by atoms with van der Waals surface area (Å²) in [6.07, 6.45) is 0. The molecular weight excluding hydrogens is 265 g/mol. The van der Waals surface area contributed by atoms with Crippen molar-refractivity contribution in [3.8, 4) is 5.75 Å². The number of aromatic hydroxyl groups is 1. The van der Waals surface area contributed by atoms with Crippen LogP contribution in [-0.2, 0) is 6.54 Å². The van der Waals surface area contributed by atoms with Crippen LogP contribution in [0.25, 0.3) is 0 Å². The first-order valence-corrected chi connectivity index (χ1v) is 5.28. The normalized spacial score (nSPS) is 10.1. The first-order valence-electron chi connectivity index (χ1n) is 4.11. The van der Waals surface area contributed by atoms with E-state index < -0.39 is 0 Å². The minimum absolute atomic E-state index is 0.252. The van der Waals surface area contributed by atoms with Crippen LogP contribution in [0.4, 0.5) is 0 Å². The largest absolute Gasteiger partial charge is 0.508 e. The third-order valence-electron chi connectivity index (χ3n) is 1.67. The van der Waals surface area contributed by atoms with Gasteiger partial charge in [-0.2, -0.15) is 0 Å². The summed E-state index contributed by atoms with van der Waals surface area (Å²) in [4.78, 5) is 0. The molecule has 0 saturated heterocycles. The van der Waals surface area contributed by atoms with Gasteiger partial charge in [-0.15, -0.1) is 0 Å². The van der Waals surface area contributed by atoms with Gasteiger partial charge < -0.3 is 10.4 Å². The van der Waals surface area contributed by atoms with Crippen molar-refractivity contribution in [2.75, 3.05) is 6.54 Å². The second-order valence-electron chi connectivity index (χ2n) is 2.89. The van der Waals surface area contributed by atoms with Crippen LogP contribution in [0, 0.1) is 0 Å². The average molecular weight is 277 g/mol. The predicted molar refractivity (Wildman–Crippen MR) is 62.9 cm³/mol. The molecule has 1 rings (SSSR count). The fourth-order valence-electron chi connectivity index (χ4n) is 1.03. The first-order chi connectivity index (χ1) is 6.59. The maximum Gasteiger partial charge on any atom is 0.120 e. The van der Waals surface area contributed by atoms with Gasteiger partial charge in [-0.3, -0.25) is 0 Å². The molecule has 0 aromatic heterocycles. The van der Waals surface area contributed by atoms with Crippen molar-refractivity contribution in [2.24, 2.45) is 0 Å². The third-order valence-corrected chi connectivity index (χ3v) is 2.19. The van der Waals surface area contributed by atoms with Gasteiger partial charge in [-0.05, 0) is 18.2 Å². The first kappa shape index (κ1) is 11.6. The highest BCUT2D eigenvalue weighted by Crippen LogP contribution is 2.21. The van der Waals surface area contributed by atoms with Gasteiger partial charge in [0.05, 0.1) is 0 Å². The zero-order valence-electron chi connectivity index (χ0n) is 7.56. The lowest BCUT2D eigenvalue weighted by Crippen LogP contribution is -2.14. The Labute approximate surface area is 96.7 Å². The molecule has 0 radical (unpaired) electrons. The van der Waals surface area contributed by atoms with E-state index in [0.29, 0.717) is 18.1 Å². The van der Waals surface area contributed by atoms with Crippen LogP contribution in [-0.4, -0.2) is 11.7 Å². The van der Waals surface area contributed by atoms with E-state index in [0.717, 1.165) is 10.0 Å². The Morgan fingerprint density at radius 1 is 1.57 bits per heavy atom. The molecule has 1 aromatic carbocycles. The second-order valence-corrected chi connectivity index (χ2v) is 4.45. The van der Waals surface area contributed by atoms with Crippen LogP contribution in [0.1, 0.15) is 5.56 Å². The minimum Gasteiger partial charge on any atom is -0.508 e. The van der Waals surface area contributed by atoms with Crippen molar-refractivity contribution >= 4 is 27.5 Å². The molecule has 0 atom stereocenters. The van der Waals surface area contributed by atoms with Gasteiger partial charge in [0, 0.05) is 28.2 Å². The van der Waals surface area contributed by atoms with Crippen LogP contribution in [0.5, 0.6) is 5.75 Å². The van der Waals surface area contributed by atoms with E-state index in [4.69, 9.17) is 11.6 Å². The van der Waals surface area contributed by atoms with Gasteiger partial charge >= 0.3 is 0 Å². The zero-order valence-corrected chi connectivity index (χ0v) is 9.90. The van der Waals surface area contributed by atoms with Gasteiger partial charge in [-0.1, -0.05) is 34.1 Å². The molecule has 14 heavy (non-hydrogen) atoms. The van der Waals surface area contributed by atoms with Gasteiger partial charge in [0.25, 0.3) is 0 Å². The molecule has 0 unspecified atom stereocenters. The molecule has 0 aliphatic rings. The summed E-state index contributed by atoms with van der Waals surface area (Å²) in [6, 6.07) is 4.98. The predicted octanol–water partition coefficient (Wildman–Crippen LogP) is 3.04. The average Bonchev–Trinajstić information content (AvgIpc) is 2.10. The van der Waals surface area contributed by atoms with E-state index >= 15 is 0 Å². The Hall–Kier alpha value is -0.510. The second kappa shape index (κ2) is 5.39. The smallest absolute Gasteiger partial charge is 0.120 e. The lowest BCUT2D eigenvalue weighted by Gasteiger charge is -2.06. The van der Waals surface area contributed by atoms with Crippen LogP contribution in [0.2, 0.25) is 5.02 Å². The maximum atomic E-state index is 9.47. The zero-order chi connectivity index (χ0) is 10.6. The van der Waals surface area contributed by atoms with Crippen LogP contribution < -0.4 is 5.32 Å². The van der Waals surface area contributed by atoms with Crippen molar-refractivity contribution in [1.82, 2.24) is 5.32 Å². The summed E-state index contributed by atoms with van der Waals surface area (Å²) in [6.45, 7) is 4.92. The Kier molecular flexibility index (Phi) is 4.45. The summed E-state index contributed by atoms with van der Waals surface area (Å²) in [5, 5.41) is 13.2. The molecule has 0 amide bonds. The van der Waals surface area contributed by atoms with Crippen LogP contribution in [0.3, 0.4) is 0 Å². The molecule has 2 N–H and O–H groups in total. The number of hydrogen-bond acceptors (Lipinski definition) is 2. The van der Waals surface area contributed by atoms with Crippen LogP contribution in [0.15, 0.2) is 29.3 Å². The lowest BCUT2D eigenvalue weighted by atomic mass is 10.2. The number of phenols is 1. The number of nitrogens with one attached hydrogen (secondary N) is 1. The Morgan fingerprint density at radius 3 is 2.93 bits per heavy atom. The fraction of sp³-hybridized carbons (Fsp3) is 0.200. The van der Waals surface area contributed by atoms with Gasteiger partial charge in [0.2, 0.25) is 0 Å². The van der Waals surface area contributed by atoms with Crippen molar-refractivity contribution in [2.45, 2.75) is 6.54 Å². The molecule has 76 valence electrons. The number of phenolic OH excluding ortho intramolecular Hbond substituents is 1. The van der Waals surface area contributed by atoms with Gasteiger partial charge in [0.1, 0.15) is 5.75 Å². The molecule has 0 aliphatic heterocycles. The van der Waals surface area contributed by atoms with E-state index in [1.165, 1.54) is 0 Å². The summed E-state index contributed by atoms with van der Waals surface area (Å²) >= 11 is 9.03. The highest BCUT2D eigenvalue weighted by atomic mass is 79.9. The van der Waals surface area contributed by atoms with Gasteiger partial charge in [0.15, 0.2) is 0 Å². The topological polar surface area (TPSA) is 32.3 Å². The van der Waals surface area contributed by atoms with E-state index in [9.17, 15) is 5.11 Å². The molecule has 0 saturated carbocycles. The lowest BCUT2D eigenvalue weighted by molar-refractivity contribution is 0.465. The summed E-state index contributed by atoms with van der Waals surface area (Å²) < 4.78 is 0.874. The molecule has 0 spiro atoms. The fourth-order valence-corrected chi connectivity index (χ4v) is 1.42. The molecule has 1 aromatic rings. The standard InChI is InChI=1S/C10H11BrClNO/c1-7(11)5-13-6-8-4-9(12)2-3-10(8)14/h2-4,13-14H,1,5-6H2. The number of halogens is 2. The Morgan fingerprint density at radius 2 is 2.29 bits per heavy atom. The molecule has 0 aliphatic carbocycles. The number of hydrogen-bond donors (Lipinski definition) is 2. The molecule has 0 fully saturated rings. The maximum absolute atomic E-state index is 9.47. The molecular formula is C10H11BrClNO. The number of benzene rings is 1. The monoisotopic (exact) mass is 275 g/mol. The SMILES string of the molecule is C=C(Br)CNCc1cc(Cl)ccc1O. The molecule has 4 heteroatoms. The van der Waals surface area contributed by atoms with E-state index in [2.05, 4.69) is 27.8 Å². The van der Waals surface area contributed by atoms with E-state index in [-0.39, 0.29) is 5.75 Å². The molecule has 0 bridgehead atoms.